The van der Waals surface area contributed by atoms with Crippen LogP contribution in [0.3, 0.4) is 0 Å². The standard InChI is InChI=1S/C12H10F2N2O2S/c13-8-2-1-3-9(14)11(8)18-6-7-4-5-10(19-7)12(17)16-15/h1-5H,6,15H2,(H,16,17). The third-order valence-electron chi connectivity index (χ3n) is 2.29. The Morgan fingerprint density at radius 3 is 2.58 bits per heavy atom. The average Bonchev–Trinajstić information content (AvgIpc) is 2.86. The zero-order valence-electron chi connectivity index (χ0n) is 9.65. The molecule has 1 amide bonds. The summed E-state index contributed by atoms with van der Waals surface area (Å²) < 4.78 is 31.7. The van der Waals surface area contributed by atoms with Gasteiger partial charge in [-0.05, 0) is 24.3 Å². The summed E-state index contributed by atoms with van der Waals surface area (Å²) in [6, 6.07) is 6.67. The van der Waals surface area contributed by atoms with Crippen LogP contribution in [0.15, 0.2) is 30.3 Å². The smallest absolute Gasteiger partial charge is 0.275 e. The molecule has 2 rings (SSSR count). The Kier molecular flexibility index (Phi) is 4.08. The maximum absolute atomic E-state index is 13.3. The predicted octanol–water partition coefficient (Wildman–Crippen LogP) is 2.21. The molecule has 2 aromatic rings. The van der Waals surface area contributed by atoms with Crippen molar-refractivity contribution in [1.29, 1.82) is 0 Å². The highest BCUT2D eigenvalue weighted by Gasteiger charge is 2.12. The Hall–Kier alpha value is -1.99. The number of benzene rings is 1. The van der Waals surface area contributed by atoms with Crippen LogP contribution >= 0.6 is 11.3 Å². The van der Waals surface area contributed by atoms with E-state index in [1.54, 1.807) is 12.1 Å². The van der Waals surface area contributed by atoms with Gasteiger partial charge in [0.05, 0.1) is 4.88 Å². The van der Waals surface area contributed by atoms with E-state index in [0.717, 1.165) is 23.5 Å². The van der Waals surface area contributed by atoms with Crippen molar-refractivity contribution in [3.8, 4) is 5.75 Å². The Bertz CT molecular complexity index is 581. The molecule has 0 bridgehead atoms. The molecule has 19 heavy (non-hydrogen) atoms. The van der Waals surface area contributed by atoms with E-state index < -0.39 is 23.3 Å². The van der Waals surface area contributed by atoms with Gasteiger partial charge >= 0.3 is 0 Å². The van der Waals surface area contributed by atoms with Crippen molar-refractivity contribution < 1.29 is 18.3 Å². The third-order valence-corrected chi connectivity index (χ3v) is 3.35. The predicted molar refractivity (Wildman–Crippen MR) is 66.7 cm³/mol. The minimum absolute atomic E-state index is 0.0274. The van der Waals surface area contributed by atoms with Crippen molar-refractivity contribution >= 4 is 17.2 Å². The zero-order chi connectivity index (χ0) is 13.8. The van der Waals surface area contributed by atoms with Crippen molar-refractivity contribution in [3.63, 3.8) is 0 Å². The van der Waals surface area contributed by atoms with Crippen molar-refractivity contribution in [1.82, 2.24) is 5.43 Å². The molecule has 0 radical (unpaired) electrons. The van der Waals surface area contributed by atoms with Gasteiger partial charge in [0, 0.05) is 4.88 Å². The van der Waals surface area contributed by atoms with E-state index in [1.165, 1.54) is 6.07 Å². The van der Waals surface area contributed by atoms with Gasteiger partial charge in [0.2, 0.25) is 0 Å². The fourth-order valence-corrected chi connectivity index (χ4v) is 2.24. The first-order valence-electron chi connectivity index (χ1n) is 5.28. The number of carbonyl (C=O) groups is 1. The van der Waals surface area contributed by atoms with Gasteiger partial charge in [-0.1, -0.05) is 6.07 Å². The summed E-state index contributed by atoms with van der Waals surface area (Å²) in [5, 5.41) is 0. The topological polar surface area (TPSA) is 64.3 Å². The molecule has 0 aliphatic heterocycles. The number of hydrazine groups is 1. The van der Waals surface area contributed by atoms with Crippen LogP contribution in [-0.4, -0.2) is 5.91 Å². The van der Waals surface area contributed by atoms with E-state index in [1.807, 2.05) is 5.43 Å². The Labute approximate surface area is 111 Å². The quantitative estimate of drug-likeness (QED) is 0.514. The number of hydrogen-bond donors (Lipinski definition) is 2. The SMILES string of the molecule is NNC(=O)c1ccc(COc2c(F)cccc2F)s1. The fraction of sp³-hybridized carbons (Fsp3) is 0.0833. The van der Waals surface area contributed by atoms with Crippen LogP contribution in [0, 0.1) is 11.6 Å². The van der Waals surface area contributed by atoms with Gasteiger partial charge in [-0.2, -0.15) is 0 Å². The normalized spacial score (nSPS) is 10.3. The number of para-hydroxylation sites is 1. The van der Waals surface area contributed by atoms with E-state index in [4.69, 9.17) is 10.6 Å². The molecule has 1 aromatic carbocycles. The van der Waals surface area contributed by atoms with Gasteiger partial charge in [0.1, 0.15) is 6.61 Å². The molecule has 1 heterocycles. The molecule has 0 atom stereocenters. The number of nitrogens with one attached hydrogen (secondary N) is 1. The van der Waals surface area contributed by atoms with Gasteiger partial charge in [-0.25, -0.2) is 14.6 Å². The highest BCUT2D eigenvalue weighted by atomic mass is 32.1. The van der Waals surface area contributed by atoms with Crippen LogP contribution in [0.5, 0.6) is 5.75 Å². The molecule has 0 unspecified atom stereocenters. The minimum atomic E-state index is -0.767. The summed E-state index contributed by atoms with van der Waals surface area (Å²) in [5.41, 5.74) is 2.00. The van der Waals surface area contributed by atoms with Crippen LogP contribution < -0.4 is 16.0 Å². The van der Waals surface area contributed by atoms with Crippen LogP contribution in [0.4, 0.5) is 8.78 Å². The number of carbonyl (C=O) groups excluding carboxylic acids is 1. The second kappa shape index (κ2) is 5.77. The van der Waals surface area contributed by atoms with Crippen LogP contribution in [0.25, 0.3) is 0 Å². The number of halogens is 2. The van der Waals surface area contributed by atoms with Crippen LogP contribution in [0.1, 0.15) is 14.5 Å². The van der Waals surface area contributed by atoms with E-state index in [2.05, 4.69) is 0 Å². The second-order valence-corrected chi connectivity index (χ2v) is 4.75. The summed E-state index contributed by atoms with van der Waals surface area (Å²) in [5.74, 6) is 2.61. The molecule has 7 heteroatoms. The molecule has 0 saturated carbocycles. The summed E-state index contributed by atoms with van der Waals surface area (Å²) in [6.07, 6.45) is 0. The maximum Gasteiger partial charge on any atom is 0.275 e. The maximum atomic E-state index is 13.3. The van der Waals surface area contributed by atoms with E-state index >= 15 is 0 Å². The third kappa shape index (κ3) is 3.07. The minimum Gasteiger partial charge on any atom is -0.482 e. The lowest BCUT2D eigenvalue weighted by molar-refractivity contribution is 0.0957. The summed E-state index contributed by atoms with van der Waals surface area (Å²) in [6.45, 7) is -0.0274. The number of amides is 1. The van der Waals surface area contributed by atoms with Crippen molar-refractivity contribution in [2.45, 2.75) is 6.61 Å². The number of hydrogen-bond acceptors (Lipinski definition) is 4. The number of nitrogens with two attached hydrogens (primary N) is 1. The largest absolute Gasteiger partial charge is 0.482 e. The van der Waals surface area contributed by atoms with E-state index in [0.29, 0.717) is 9.75 Å². The molecule has 4 nitrogen and oxygen atoms in total. The number of rotatable bonds is 4. The van der Waals surface area contributed by atoms with Gasteiger partial charge in [0.25, 0.3) is 5.91 Å². The summed E-state index contributed by atoms with van der Waals surface area (Å²) >= 11 is 1.13. The molecule has 0 spiro atoms. The molecule has 0 saturated heterocycles. The average molecular weight is 284 g/mol. The first-order chi connectivity index (χ1) is 9.11. The fourth-order valence-electron chi connectivity index (χ4n) is 1.41. The molecule has 3 N–H and O–H groups in total. The molecular weight excluding hydrogens is 274 g/mol. The Morgan fingerprint density at radius 2 is 1.95 bits per heavy atom. The number of nitrogen functional groups attached to an aromatic ring is 1. The van der Waals surface area contributed by atoms with Crippen molar-refractivity contribution in [2.75, 3.05) is 0 Å². The highest BCUT2D eigenvalue weighted by molar-refractivity contribution is 7.14. The zero-order valence-corrected chi connectivity index (χ0v) is 10.5. The van der Waals surface area contributed by atoms with Gasteiger partial charge < -0.3 is 4.74 Å². The van der Waals surface area contributed by atoms with Gasteiger partial charge in [0.15, 0.2) is 17.4 Å². The van der Waals surface area contributed by atoms with Gasteiger partial charge in [-0.15, -0.1) is 11.3 Å². The first kappa shape index (κ1) is 13.4. The lowest BCUT2D eigenvalue weighted by Crippen LogP contribution is -2.29. The lowest BCUT2D eigenvalue weighted by Gasteiger charge is -2.06. The molecule has 1 aromatic heterocycles. The monoisotopic (exact) mass is 284 g/mol. The molecule has 0 aliphatic rings. The van der Waals surface area contributed by atoms with Gasteiger partial charge in [-0.3, -0.25) is 10.2 Å². The molecule has 100 valence electrons. The lowest BCUT2D eigenvalue weighted by atomic mass is 10.3. The Morgan fingerprint density at radius 1 is 1.26 bits per heavy atom. The van der Waals surface area contributed by atoms with Crippen molar-refractivity contribution in [3.05, 3.63) is 51.7 Å². The van der Waals surface area contributed by atoms with E-state index in [-0.39, 0.29) is 6.61 Å². The van der Waals surface area contributed by atoms with Crippen LogP contribution in [-0.2, 0) is 6.61 Å². The summed E-state index contributed by atoms with van der Waals surface area (Å²) in [7, 11) is 0. The molecular formula is C12H10F2N2O2S. The van der Waals surface area contributed by atoms with Crippen molar-refractivity contribution in [2.24, 2.45) is 5.84 Å². The van der Waals surface area contributed by atoms with Crippen LogP contribution in [0.2, 0.25) is 0 Å². The first-order valence-corrected chi connectivity index (χ1v) is 6.10. The number of ether oxygens (including phenoxy) is 1. The van der Waals surface area contributed by atoms with E-state index in [9.17, 15) is 13.6 Å². The molecule has 0 fully saturated rings. The summed E-state index contributed by atoms with van der Waals surface area (Å²) in [4.78, 5) is 12.3. The second-order valence-electron chi connectivity index (χ2n) is 3.58. The highest BCUT2D eigenvalue weighted by Crippen LogP contribution is 2.24. The Balaban J connectivity index is 2.07. The molecule has 0 aliphatic carbocycles. The number of thiophene rings is 1.